The highest BCUT2D eigenvalue weighted by Crippen LogP contribution is 2.24. The topological polar surface area (TPSA) is 32.5 Å². The van der Waals surface area contributed by atoms with Gasteiger partial charge >= 0.3 is 0 Å². The van der Waals surface area contributed by atoms with Gasteiger partial charge in [-0.3, -0.25) is 4.90 Å². The minimum atomic E-state index is 0.236. The molecule has 0 atom stereocenters. The Balaban J connectivity index is 2.14. The molecule has 1 saturated heterocycles. The minimum Gasteiger partial charge on any atom is -0.399 e. The zero-order chi connectivity index (χ0) is 11.8. The molecule has 0 amide bonds. The summed E-state index contributed by atoms with van der Waals surface area (Å²) in [5.41, 5.74) is 8.04. The summed E-state index contributed by atoms with van der Waals surface area (Å²) in [6, 6.07) is 8.16. The molecule has 2 rings (SSSR count). The smallest absolute Gasteiger partial charge is 0.0368 e. The highest BCUT2D eigenvalue weighted by Gasteiger charge is 2.30. The number of benzene rings is 1. The quantitative estimate of drug-likeness (QED) is 0.731. The molecule has 0 bridgehead atoms. The molecule has 0 unspecified atom stereocenters. The van der Waals surface area contributed by atoms with Crippen LogP contribution >= 0.6 is 0 Å². The van der Waals surface area contributed by atoms with Gasteiger partial charge in [0.1, 0.15) is 0 Å². The highest BCUT2D eigenvalue weighted by atomic mass is 15.3. The lowest BCUT2D eigenvalue weighted by atomic mass is 9.99. The molecule has 0 aliphatic carbocycles. The van der Waals surface area contributed by atoms with Crippen molar-refractivity contribution in [2.75, 3.05) is 37.3 Å². The fraction of sp³-hybridized carbons (Fsp3) is 0.538. The Morgan fingerprint density at radius 3 is 2.31 bits per heavy atom. The van der Waals surface area contributed by atoms with E-state index in [0.717, 1.165) is 25.3 Å². The summed E-state index contributed by atoms with van der Waals surface area (Å²) in [4.78, 5) is 4.85. The van der Waals surface area contributed by atoms with Crippen LogP contribution in [0.5, 0.6) is 0 Å². The minimum absolute atomic E-state index is 0.236. The van der Waals surface area contributed by atoms with Crippen LogP contribution in [0.2, 0.25) is 0 Å². The molecular weight excluding hydrogens is 198 g/mol. The summed E-state index contributed by atoms with van der Waals surface area (Å²) < 4.78 is 0. The normalized spacial score (nSPS) is 21.1. The molecule has 0 spiro atoms. The third-order valence-electron chi connectivity index (χ3n) is 3.57. The van der Waals surface area contributed by atoms with Crippen LogP contribution in [0.3, 0.4) is 0 Å². The van der Waals surface area contributed by atoms with E-state index in [9.17, 15) is 0 Å². The zero-order valence-corrected chi connectivity index (χ0v) is 10.4. The van der Waals surface area contributed by atoms with E-state index < -0.39 is 0 Å². The third kappa shape index (κ3) is 2.14. The standard InChI is InChI=1S/C13H21N3/c1-13(2)10-16(9-8-15(13)3)12-6-4-11(14)5-7-12/h4-7H,8-10,14H2,1-3H3. The van der Waals surface area contributed by atoms with E-state index >= 15 is 0 Å². The second-order valence-corrected chi connectivity index (χ2v) is 5.25. The van der Waals surface area contributed by atoms with Gasteiger partial charge in [-0.25, -0.2) is 0 Å². The van der Waals surface area contributed by atoms with Crippen molar-refractivity contribution in [2.45, 2.75) is 19.4 Å². The van der Waals surface area contributed by atoms with Crippen LogP contribution in [-0.2, 0) is 0 Å². The van der Waals surface area contributed by atoms with Crippen LogP contribution in [0, 0.1) is 0 Å². The van der Waals surface area contributed by atoms with Gasteiger partial charge in [0.15, 0.2) is 0 Å². The molecule has 1 fully saturated rings. The summed E-state index contributed by atoms with van der Waals surface area (Å²) >= 11 is 0. The summed E-state index contributed by atoms with van der Waals surface area (Å²) in [6.07, 6.45) is 0. The maximum Gasteiger partial charge on any atom is 0.0368 e. The van der Waals surface area contributed by atoms with Gasteiger partial charge in [0.05, 0.1) is 0 Å². The van der Waals surface area contributed by atoms with E-state index in [1.165, 1.54) is 5.69 Å². The number of hydrogen-bond donors (Lipinski definition) is 1. The number of piperazine rings is 1. The third-order valence-corrected chi connectivity index (χ3v) is 3.57. The maximum atomic E-state index is 5.70. The maximum absolute atomic E-state index is 5.70. The molecule has 1 aromatic rings. The molecule has 2 N–H and O–H groups in total. The first-order valence-electron chi connectivity index (χ1n) is 5.81. The number of rotatable bonds is 1. The van der Waals surface area contributed by atoms with Crippen molar-refractivity contribution in [1.82, 2.24) is 4.90 Å². The van der Waals surface area contributed by atoms with Crippen molar-refractivity contribution in [3.8, 4) is 0 Å². The summed E-state index contributed by atoms with van der Waals surface area (Å²) in [5, 5.41) is 0. The second-order valence-electron chi connectivity index (χ2n) is 5.25. The van der Waals surface area contributed by atoms with E-state index in [2.05, 4.69) is 42.8 Å². The lowest BCUT2D eigenvalue weighted by molar-refractivity contribution is 0.139. The van der Waals surface area contributed by atoms with Gasteiger partial charge in [-0.1, -0.05) is 0 Å². The average molecular weight is 219 g/mol. The molecule has 16 heavy (non-hydrogen) atoms. The molecule has 1 heterocycles. The van der Waals surface area contributed by atoms with Crippen molar-refractivity contribution in [3.05, 3.63) is 24.3 Å². The Labute approximate surface area is 97.8 Å². The van der Waals surface area contributed by atoms with Crippen LogP contribution in [0.25, 0.3) is 0 Å². The van der Waals surface area contributed by atoms with Gasteiger partial charge in [0, 0.05) is 36.5 Å². The second kappa shape index (κ2) is 3.98. The van der Waals surface area contributed by atoms with E-state index in [4.69, 9.17) is 5.73 Å². The molecule has 88 valence electrons. The van der Waals surface area contributed by atoms with Crippen LogP contribution in [-0.4, -0.2) is 37.1 Å². The lowest BCUT2D eigenvalue weighted by Gasteiger charge is -2.46. The molecule has 1 aliphatic heterocycles. The van der Waals surface area contributed by atoms with Crippen LogP contribution in [0.4, 0.5) is 11.4 Å². The monoisotopic (exact) mass is 219 g/mol. The molecule has 3 nitrogen and oxygen atoms in total. The number of nitrogens with two attached hydrogens (primary N) is 1. The summed E-state index contributed by atoms with van der Waals surface area (Å²) in [6.45, 7) is 7.83. The average Bonchev–Trinajstić information content (AvgIpc) is 2.23. The van der Waals surface area contributed by atoms with Crippen LogP contribution < -0.4 is 10.6 Å². The Bertz CT molecular complexity index is 356. The van der Waals surface area contributed by atoms with Crippen molar-refractivity contribution in [1.29, 1.82) is 0 Å². The molecule has 0 radical (unpaired) electrons. The zero-order valence-electron chi connectivity index (χ0n) is 10.4. The largest absolute Gasteiger partial charge is 0.399 e. The van der Waals surface area contributed by atoms with E-state index in [0.29, 0.717) is 0 Å². The molecule has 1 aliphatic rings. The number of hydrogen-bond acceptors (Lipinski definition) is 3. The van der Waals surface area contributed by atoms with Crippen LogP contribution in [0.1, 0.15) is 13.8 Å². The van der Waals surface area contributed by atoms with Gasteiger partial charge in [-0.05, 0) is 45.2 Å². The number of anilines is 2. The van der Waals surface area contributed by atoms with E-state index in [1.54, 1.807) is 0 Å². The SMILES string of the molecule is CN1CCN(c2ccc(N)cc2)CC1(C)C. The number of nitrogen functional groups attached to an aromatic ring is 1. The Kier molecular flexibility index (Phi) is 2.80. The Hall–Kier alpha value is -1.22. The molecule has 1 aromatic carbocycles. The number of likely N-dealkylation sites (N-methyl/N-ethyl adjacent to an activating group) is 1. The molecular formula is C13H21N3. The summed E-state index contributed by atoms with van der Waals surface area (Å²) in [7, 11) is 2.19. The fourth-order valence-electron chi connectivity index (χ4n) is 2.15. The lowest BCUT2D eigenvalue weighted by Crippen LogP contribution is -2.57. The van der Waals surface area contributed by atoms with Gasteiger partial charge in [0.25, 0.3) is 0 Å². The van der Waals surface area contributed by atoms with E-state index in [1.807, 2.05) is 12.1 Å². The predicted molar refractivity (Wildman–Crippen MR) is 69.8 cm³/mol. The number of nitrogens with zero attached hydrogens (tertiary/aromatic N) is 2. The fourth-order valence-corrected chi connectivity index (χ4v) is 2.15. The van der Waals surface area contributed by atoms with Gasteiger partial charge in [0.2, 0.25) is 0 Å². The van der Waals surface area contributed by atoms with Gasteiger partial charge in [-0.2, -0.15) is 0 Å². The van der Waals surface area contributed by atoms with Crippen molar-refractivity contribution in [2.24, 2.45) is 0 Å². The first kappa shape index (κ1) is 11.3. The van der Waals surface area contributed by atoms with Gasteiger partial charge < -0.3 is 10.6 Å². The summed E-state index contributed by atoms with van der Waals surface area (Å²) in [5.74, 6) is 0. The molecule has 3 heteroatoms. The van der Waals surface area contributed by atoms with Crippen molar-refractivity contribution < 1.29 is 0 Å². The van der Waals surface area contributed by atoms with E-state index in [-0.39, 0.29) is 5.54 Å². The molecule has 0 saturated carbocycles. The van der Waals surface area contributed by atoms with Gasteiger partial charge in [-0.15, -0.1) is 0 Å². The first-order chi connectivity index (χ1) is 7.49. The Morgan fingerprint density at radius 2 is 1.75 bits per heavy atom. The molecule has 0 aromatic heterocycles. The van der Waals surface area contributed by atoms with Crippen molar-refractivity contribution in [3.63, 3.8) is 0 Å². The first-order valence-corrected chi connectivity index (χ1v) is 5.81. The van der Waals surface area contributed by atoms with Crippen LogP contribution in [0.15, 0.2) is 24.3 Å². The van der Waals surface area contributed by atoms with Crippen molar-refractivity contribution >= 4 is 11.4 Å². The predicted octanol–water partition coefficient (Wildman–Crippen LogP) is 1.80. The Morgan fingerprint density at radius 1 is 1.12 bits per heavy atom. The highest BCUT2D eigenvalue weighted by molar-refractivity contribution is 5.53.